The molecule has 1 atom stereocenters. The standard InChI is InChI=1S/C13H21NO7S/c1-7(2)10(15)14-9(11(16)17)5-22-13(19)21-6-20-12(18)8(3)4/h7-9H,5-6H2,1-4H3,(H,14,15)(H,16,17)/t9-/m0/s1. The van der Waals surface area contributed by atoms with Crippen LogP contribution in [0.1, 0.15) is 27.7 Å². The third-order valence-corrected chi connectivity index (χ3v) is 3.21. The van der Waals surface area contributed by atoms with Crippen LogP contribution in [0.3, 0.4) is 0 Å². The van der Waals surface area contributed by atoms with E-state index in [1.807, 2.05) is 0 Å². The van der Waals surface area contributed by atoms with E-state index < -0.39 is 36.0 Å². The van der Waals surface area contributed by atoms with Crippen molar-refractivity contribution in [2.45, 2.75) is 33.7 Å². The molecule has 0 fully saturated rings. The SMILES string of the molecule is CC(C)C(=O)N[C@@H](CSC(=O)OCOC(=O)C(C)C)C(=O)O. The number of carbonyl (C=O) groups excluding carboxylic acids is 3. The summed E-state index contributed by atoms with van der Waals surface area (Å²) in [4.78, 5) is 45.0. The molecule has 0 heterocycles. The average Bonchev–Trinajstić information content (AvgIpc) is 2.42. The summed E-state index contributed by atoms with van der Waals surface area (Å²) in [5.74, 6) is -3.08. The van der Waals surface area contributed by atoms with Crippen LogP contribution in [-0.2, 0) is 23.9 Å². The number of amides is 1. The first-order valence-corrected chi connectivity index (χ1v) is 7.63. The highest BCUT2D eigenvalue weighted by Crippen LogP contribution is 2.09. The van der Waals surface area contributed by atoms with Gasteiger partial charge in [0.2, 0.25) is 12.7 Å². The summed E-state index contributed by atoms with van der Waals surface area (Å²) in [5.41, 5.74) is 0. The lowest BCUT2D eigenvalue weighted by Gasteiger charge is -2.15. The van der Waals surface area contributed by atoms with Crippen LogP contribution in [0.25, 0.3) is 0 Å². The molecule has 0 aromatic carbocycles. The Hall–Kier alpha value is -1.77. The molecular formula is C13H21NO7S. The van der Waals surface area contributed by atoms with Gasteiger partial charge < -0.3 is 19.9 Å². The Morgan fingerprint density at radius 2 is 1.64 bits per heavy atom. The van der Waals surface area contributed by atoms with Gasteiger partial charge in [0, 0.05) is 11.7 Å². The van der Waals surface area contributed by atoms with Gasteiger partial charge in [-0.1, -0.05) is 27.7 Å². The Morgan fingerprint density at radius 3 is 2.09 bits per heavy atom. The summed E-state index contributed by atoms with van der Waals surface area (Å²) in [6, 6.07) is -1.20. The number of rotatable bonds is 8. The van der Waals surface area contributed by atoms with E-state index in [-0.39, 0.29) is 17.6 Å². The number of hydrogen-bond donors (Lipinski definition) is 2. The maximum absolute atomic E-state index is 11.5. The smallest absolute Gasteiger partial charge is 0.370 e. The van der Waals surface area contributed by atoms with Crippen LogP contribution in [-0.4, -0.2) is 46.8 Å². The van der Waals surface area contributed by atoms with Gasteiger partial charge in [0.25, 0.3) is 0 Å². The Labute approximate surface area is 132 Å². The zero-order chi connectivity index (χ0) is 17.3. The summed E-state index contributed by atoms with van der Waals surface area (Å²) in [7, 11) is 0. The van der Waals surface area contributed by atoms with E-state index in [9.17, 15) is 19.2 Å². The van der Waals surface area contributed by atoms with Gasteiger partial charge in [0.15, 0.2) is 0 Å². The number of ether oxygens (including phenoxy) is 2. The molecule has 2 N–H and O–H groups in total. The number of esters is 1. The van der Waals surface area contributed by atoms with Crippen LogP contribution in [0.15, 0.2) is 0 Å². The Kier molecular flexibility index (Phi) is 9.23. The monoisotopic (exact) mass is 335 g/mol. The predicted molar refractivity (Wildman–Crippen MR) is 79.1 cm³/mol. The minimum absolute atomic E-state index is 0.190. The first-order chi connectivity index (χ1) is 10.1. The van der Waals surface area contributed by atoms with Crippen molar-refractivity contribution in [1.29, 1.82) is 0 Å². The molecule has 0 bridgehead atoms. The molecule has 0 unspecified atom stereocenters. The number of carboxylic acids is 1. The lowest BCUT2D eigenvalue weighted by atomic mass is 10.2. The zero-order valence-electron chi connectivity index (χ0n) is 13.0. The van der Waals surface area contributed by atoms with Gasteiger partial charge in [0.05, 0.1) is 5.92 Å². The Balaban J connectivity index is 4.15. The maximum Gasteiger partial charge on any atom is 0.370 e. The number of carboxylic acid groups (broad SMARTS) is 1. The van der Waals surface area contributed by atoms with Gasteiger partial charge in [-0.3, -0.25) is 9.59 Å². The molecule has 0 aliphatic heterocycles. The van der Waals surface area contributed by atoms with Crippen LogP contribution in [0.4, 0.5) is 4.79 Å². The van der Waals surface area contributed by atoms with Gasteiger partial charge >= 0.3 is 17.2 Å². The van der Waals surface area contributed by atoms with E-state index in [0.29, 0.717) is 11.8 Å². The van der Waals surface area contributed by atoms with Gasteiger partial charge in [-0.25, -0.2) is 9.59 Å². The van der Waals surface area contributed by atoms with Gasteiger partial charge in [-0.05, 0) is 11.8 Å². The lowest BCUT2D eigenvalue weighted by molar-refractivity contribution is -0.155. The zero-order valence-corrected chi connectivity index (χ0v) is 13.8. The fourth-order valence-corrected chi connectivity index (χ4v) is 1.67. The van der Waals surface area contributed by atoms with E-state index in [1.165, 1.54) is 0 Å². The summed E-state index contributed by atoms with van der Waals surface area (Å²) in [6.45, 7) is 5.98. The molecule has 0 saturated heterocycles. The van der Waals surface area contributed by atoms with E-state index in [2.05, 4.69) is 14.8 Å². The Morgan fingerprint density at radius 1 is 1.05 bits per heavy atom. The topological polar surface area (TPSA) is 119 Å². The first kappa shape index (κ1) is 20.2. The van der Waals surface area contributed by atoms with Crippen LogP contribution >= 0.6 is 11.8 Å². The molecule has 126 valence electrons. The average molecular weight is 335 g/mol. The first-order valence-electron chi connectivity index (χ1n) is 6.64. The number of carbonyl (C=O) groups is 4. The van der Waals surface area contributed by atoms with E-state index in [4.69, 9.17) is 5.11 Å². The fourth-order valence-electron chi connectivity index (χ4n) is 1.01. The molecular weight excluding hydrogens is 314 g/mol. The molecule has 0 rings (SSSR count). The summed E-state index contributed by atoms with van der Waals surface area (Å²) in [6.07, 6.45) is 0. The number of aliphatic carboxylic acids is 1. The third-order valence-electron chi connectivity index (χ3n) is 2.36. The van der Waals surface area contributed by atoms with Crippen molar-refractivity contribution in [3.63, 3.8) is 0 Å². The van der Waals surface area contributed by atoms with Crippen molar-refractivity contribution in [1.82, 2.24) is 5.32 Å². The lowest BCUT2D eigenvalue weighted by Crippen LogP contribution is -2.44. The second kappa shape index (κ2) is 10.0. The molecule has 9 heteroatoms. The fraction of sp³-hybridized carbons (Fsp3) is 0.692. The van der Waals surface area contributed by atoms with Crippen molar-refractivity contribution in [2.24, 2.45) is 11.8 Å². The van der Waals surface area contributed by atoms with Gasteiger partial charge in [-0.2, -0.15) is 0 Å². The maximum atomic E-state index is 11.5. The van der Waals surface area contributed by atoms with Crippen molar-refractivity contribution in [3.05, 3.63) is 0 Å². The Bertz CT molecular complexity index is 423. The van der Waals surface area contributed by atoms with E-state index in [1.54, 1.807) is 27.7 Å². The molecule has 0 aromatic heterocycles. The third kappa shape index (κ3) is 8.50. The van der Waals surface area contributed by atoms with Crippen molar-refractivity contribution < 1.29 is 33.8 Å². The molecule has 22 heavy (non-hydrogen) atoms. The van der Waals surface area contributed by atoms with Crippen LogP contribution in [0.5, 0.6) is 0 Å². The minimum atomic E-state index is -1.25. The molecule has 0 aliphatic carbocycles. The quantitative estimate of drug-likeness (QED) is 0.502. The number of thioether (sulfide) groups is 1. The van der Waals surface area contributed by atoms with Crippen LogP contribution < -0.4 is 5.32 Å². The second-order valence-corrected chi connectivity index (χ2v) is 5.95. The summed E-state index contributed by atoms with van der Waals surface area (Å²) in [5, 5.41) is 10.5. The highest BCUT2D eigenvalue weighted by Gasteiger charge is 2.23. The van der Waals surface area contributed by atoms with Gasteiger partial charge in [0.1, 0.15) is 6.04 Å². The highest BCUT2D eigenvalue weighted by molar-refractivity contribution is 8.13. The van der Waals surface area contributed by atoms with E-state index in [0.717, 1.165) is 0 Å². The van der Waals surface area contributed by atoms with Crippen LogP contribution in [0, 0.1) is 11.8 Å². The largest absolute Gasteiger partial charge is 0.480 e. The molecule has 8 nitrogen and oxygen atoms in total. The van der Waals surface area contributed by atoms with E-state index >= 15 is 0 Å². The molecule has 0 aromatic rings. The van der Waals surface area contributed by atoms with Crippen LogP contribution in [0.2, 0.25) is 0 Å². The molecule has 0 radical (unpaired) electrons. The molecule has 0 aliphatic rings. The molecule has 0 saturated carbocycles. The summed E-state index contributed by atoms with van der Waals surface area (Å²) < 4.78 is 9.26. The molecule has 0 spiro atoms. The molecule has 1 amide bonds. The second-order valence-electron chi connectivity index (χ2n) is 5.00. The normalized spacial score (nSPS) is 11.9. The van der Waals surface area contributed by atoms with Crippen molar-refractivity contribution in [3.8, 4) is 0 Å². The van der Waals surface area contributed by atoms with Gasteiger partial charge in [-0.15, -0.1) is 0 Å². The van der Waals surface area contributed by atoms with Crippen molar-refractivity contribution >= 4 is 34.9 Å². The minimum Gasteiger partial charge on any atom is -0.480 e. The number of hydrogen-bond acceptors (Lipinski definition) is 7. The predicted octanol–water partition coefficient (Wildman–Crippen LogP) is 1.24. The highest BCUT2D eigenvalue weighted by atomic mass is 32.2. The number of nitrogens with one attached hydrogen (secondary N) is 1. The summed E-state index contributed by atoms with van der Waals surface area (Å²) >= 11 is 0.579. The van der Waals surface area contributed by atoms with Crippen molar-refractivity contribution in [2.75, 3.05) is 12.5 Å².